The summed E-state index contributed by atoms with van der Waals surface area (Å²) in [7, 11) is 1.63. The highest BCUT2D eigenvalue weighted by molar-refractivity contribution is 9.10. The number of nitrogens with zero attached hydrogens (tertiary/aromatic N) is 4. The second-order valence-corrected chi connectivity index (χ2v) is 5.80. The van der Waals surface area contributed by atoms with E-state index in [9.17, 15) is 0 Å². The van der Waals surface area contributed by atoms with Crippen molar-refractivity contribution in [2.45, 2.75) is 44.8 Å². The normalized spacial score (nSPS) is 16.1. The van der Waals surface area contributed by atoms with Crippen molar-refractivity contribution >= 4 is 15.9 Å². The predicted molar refractivity (Wildman–Crippen MR) is 75.2 cm³/mol. The Bertz CT molecular complexity index is 575. The molecule has 0 spiro atoms. The number of halogens is 1. The fourth-order valence-corrected chi connectivity index (χ4v) is 3.03. The van der Waals surface area contributed by atoms with Crippen molar-refractivity contribution in [3.05, 3.63) is 28.1 Å². The van der Waals surface area contributed by atoms with Gasteiger partial charge in [0.05, 0.1) is 6.54 Å². The van der Waals surface area contributed by atoms with Gasteiger partial charge in [-0.05, 0) is 28.8 Å². The molecule has 3 rings (SSSR count). The molecule has 0 unspecified atom stereocenters. The summed E-state index contributed by atoms with van der Waals surface area (Å²) in [4.78, 5) is 4.27. The molecule has 2 aromatic heterocycles. The molecule has 0 radical (unpaired) electrons. The molecule has 1 fully saturated rings. The van der Waals surface area contributed by atoms with Crippen molar-refractivity contribution < 1.29 is 9.26 Å². The maximum Gasteiger partial charge on any atom is 0.195 e. The summed E-state index contributed by atoms with van der Waals surface area (Å²) in [6.45, 7) is 0.950. The van der Waals surface area contributed by atoms with Gasteiger partial charge in [-0.1, -0.05) is 18.0 Å². The molecular weight excluding hydrogens is 324 g/mol. The van der Waals surface area contributed by atoms with Gasteiger partial charge in [0.1, 0.15) is 18.1 Å². The molecule has 108 valence electrons. The molecule has 2 heterocycles. The third-order valence-corrected chi connectivity index (χ3v) is 4.18. The van der Waals surface area contributed by atoms with Gasteiger partial charge < -0.3 is 9.26 Å². The van der Waals surface area contributed by atoms with E-state index in [4.69, 9.17) is 9.26 Å². The quantitative estimate of drug-likeness (QED) is 0.837. The number of hydrogen-bond donors (Lipinski definition) is 0. The van der Waals surface area contributed by atoms with E-state index >= 15 is 0 Å². The average molecular weight is 341 g/mol. The van der Waals surface area contributed by atoms with Crippen molar-refractivity contribution in [1.29, 1.82) is 0 Å². The third-order valence-electron chi connectivity index (χ3n) is 3.59. The summed E-state index contributed by atoms with van der Waals surface area (Å²) < 4.78 is 12.9. The first-order valence-electron chi connectivity index (χ1n) is 6.80. The summed E-state index contributed by atoms with van der Waals surface area (Å²) >= 11 is 3.39. The van der Waals surface area contributed by atoms with Gasteiger partial charge in [0.15, 0.2) is 10.6 Å². The topological polar surface area (TPSA) is 66.0 Å². The van der Waals surface area contributed by atoms with Gasteiger partial charge in [-0.2, -0.15) is 5.10 Å². The fourth-order valence-electron chi connectivity index (χ4n) is 2.62. The van der Waals surface area contributed by atoms with E-state index in [0.29, 0.717) is 29.6 Å². The number of ether oxygens (including phenoxy) is 1. The Balaban J connectivity index is 1.71. The molecule has 1 aliphatic rings. The maximum atomic E-state index is 5.46. The van der Waals surface area contributed by atoms with E-state index < -0.39 is 0 Å². The van der Waals surface area contributed by atoms with Crippen molar-refractivity contribution in [2.24, 2.45) is 0 Å². The van der Waals surface area contributed by atoms with Crippen LogP contribution in [0, 0.1) is 0 Å². The minimum atomic E-state index is 0.401. The second-order valence-electron chi connectivity index (χ2n) is 5.09. The molecular formula is C13H17BrN4O2. The minimum absolute atomic E-state index is 0.401. The summed E-state index contributed by atoms with van der Waals surface area (Å²) in [6.07, 6.45) is 4.99. The van der Waals surface area contributed by atoms with E-state index in [1.165, 1.54) is 25.7 Å². The lowest BCUT2D eigenvalue weighted by atomic mass is 10.1. The van der Waals surface area contributed by atoms with Gasteiger partial charge in [-0.3, -0.25) is 0 Å². The Morgan fingerprint density at radius 3 is 3.00 bits per heavy atom. The van der Waals surface area contributed by atoms with Gasteiger partial charge in [-0.25, -0.2) is 9.67 Å². The molecule has 0 bridgehead atoms. The monoisotopic (exact) mass is 340 g/mol. The zero-order valence-electron chi connectivity index (χ0n) is 11.4. The van der Waals surface area contributed by atoms with Crippen LogP contribution in [-0.4, -0.2) is 27.0 Å². The molecule has 1 saturated carbocycles. The summed E-state index contributed by atoms with van der Waals surface area (Å²) in [6, 6.07) is 2.04. The summed E-state index contributed by atoms with van der Waals surface area (Å²) in [5.74, 6) is 2.20. The SMILES string of the molecule is COCc1nc(Br)n(Cc2cc(C3CCCC3)on2)n1. The van der Waals surface area contributed by atoms with Gasteiger partial charge >= 0.3 is 0 Å². The molecule has 0 aromatic carbocycles. The first kappa shape index (κ1) is 13.8. The zero-order chi connectivity index (χ0) is 13.9. The zero-order valence-corrected chi connectivity index (χ0v) is 13.0. The average Bonchev–Trinajstić information content (AvgIpc) is 3.13. The van der Waals surface area contributed by atoms with Crippen molar-refractivity contribution in [3.8, 4) is 0 Å². The fraction of sp³-hybridized carbons (Fsp3) is 0.615. The molecule has 6 nitrogen and oxygen atoms in total. The first-order chi connectivity index (χ1) is 9.76. The van der Waals surface area contributed by atoms with Crippen LogP contribution in [0.2, 0.25) is 0 Å². The minimum Gasteiger partial charge on any atom is -0.377 e. The Kier molecular flexibility index (Phi) is 4.16. The van der Waals surface area contributed by atoms with Gasteiger partial charge in [0, 0.05) is 19.1 Å². The lowest BCUT2D eigenvalue weighted by molar-refractivity contribution is 0.177. The van der Waals surface area contributed by atoms with E-state index in [0.717, 1.165) is 11.5 Å². The maximum absolute atomic E-state index is 5.46. The van der Waals surface area contributed by atoms with Gasteiger partial charge in [0.25, 0.3) is 0 Å². The number of rotatable bonds is 5. The van der Waals surface area contributed by atoms with E-state index in [1.54, 1.807) is 11.8 Å². The largest absolute Gasteiger partial charge is 0.377 e. The molecule has 0 saturated heterocycles. The molecule has 2 aromatic rings. The third kappa shape index (κ3) is 2.93. The van der Waals surface area contributed by atoms with Gasteiger partial charge in [-0.15, -0.1) is 0 Å². The summed E-state index contributed by atoms with van der Waals surface area (Å²) in [5, 5.41) is 8.49. The lowest BCUT2D eigenvalue weighted by Crippen LogP contribution is -2.03. The first-order valence-corrected chi connectivity index (χ1v) is 7.59. The second kappa shape index (κ2) is 6.05. The van der Waals surface area contributed by atoms with Crippen LogP contribution < -0.4 is 0 Å². The van der Waals surface area contributed by atoms with E-state index in [-0.39, 0.29) is 0 Å². The molecule has 0 amide bonds. The molecule has 0 aliphatic heterocycles. The predicted octanol–water partition coefficient (Wildman–Crippen LogP) is 2.88. The molecule has 0 atom stereocenters. The van der Waals surface area contributed by atoms with Crippen molar-refractivity contribution in [1.82, 2.24) is 19.9 Å². The van der Waals surface area contributed by atoms with E-state index in [2.05, 4.69) is 31.2 Å². The van der Waals surface area contributed by atoms with Crippen LogP contribution in [0.3, 0.4) is 0 Å². The number of aromatic nitrogens is 4. The Labute approximate surface area is 125 Å². The Hall–Kier alpha value is -1.21. The lowest BCUT2D eigenvalue weighted by Gasteiger charge is -2.01. The number of methoxy groups -OCH3 is 1. The van der Waals surface area contributed by atoms with Crippen molar-refractivity contribution in [2.75, 3.05) is 7.11 Å². The Morgan fingerprint density at radius 2 is 2.25 bits per heavy atom. The smallest absolute Gasteiger partial charge is 0.195 e. The highest BCUT2D eigenvalue weighted by atomic mass is 79.9. The van der Waals surface area contributed by atoms with Crippen LogP contribution in [0.4, 0.5) is 0 Å². The van der Waals surface area contributed by atoms with E-state index in [1.807, 2.05) is 6.07 Å². The van der Waals surface area contributed by atoms with Crippen LogP contribution >= 0.6 is 15.9 Å². The number of hydrogen-bond acceptors (Lipinski definition) is 5. The van der Waals surface area contributed by atoms with Gasteiger partial charge in [0.2, 0.25) is 0 Å². The molecule has 0 N–H and O–H groups in total. The van der Waals surface area contributed by atoms with Crippen LogP contribution in [0.5, 0.6) is 0 Å². The highest BCUT2D eigenvalue weighted by Crippen LogP contribution is 2.34. The van der Waals surface area contributed by atoms with Crippen LogP contribution in [0.1, 0.15) is 48.9 Å². The van der Waals surface area contributed by atoms with Crippen LogP contribution in [-0.2, 0) is 17.9 Å². The van der Waals surface area contributed by atoms with Crippen LogP contribution in [0.15, 0.2) is 15.3 Å². The van der Waals surface area contributed by atoms with Crippen molar-refractivity contribution in [3.63, 3.8) is 0 Å². The molecule has 20 heavy (non-hydrogen) atoms. The Morgan fingerprint density at radius 1 is 1.45 bits per heavy atom. The summed E-state index contributed by atoms with van der Waals surface area (Å²) in [5.41, 5.74) is 0.876. The standard InChI is InChI=1S/C13H17BrN4O2/c1-19-8-12-15-13(14)18(16-12)7-10-6-11(20-17-10)9-4-2-3-5-9/h6,9H,2-5,7-8H2,1H3. The van der Waals surface area contributed by atoms with Crippen LogP contribution in [0.25, 0.3) is 0 Å². The highest BCUT2D eigenvalue weighted by Gasteiger charge is 2.21. The molecule has 7 heteroatoms. The molecule has 1 aliphatic carbocycles.